The fourth-order valence-electron chi connectivity index (χ4n) is 2.21. The molecule has 2 aromatic rings. The molecule has 3 rings (SSSR count). The van der Waals surface area contributed by atoms with E-state index in [0.717, 1.165) is 5.75 Å². The van der Waals surface area contributed by atoms with Crippen molar-refractivity contribution in [1.82, 2.24) is 4.90 Å². The lowest BCUT2D eigenvalue weighted by Crippen LogP contribution is -2.41. The first-order chi connectivity index (χ1) is 10.1. The molecule has 1 aromatic carbocycles. The van der Waals surface area contributed by atoms with Crippen LogP contribution in [0.1, 0.15) is 9.67 Å². The first-order valence-corrected chi connectivity index (χ1v) is 7.50. The molecule has 0 aliphatic carbocycles. The van der Waals surface area contributed by atoms with Crippen molar-refractivity contribution in [2.75, 3.05) is 25.9 Å². The van der Waals surface area contributed by atoms with Crippen molar-refractivity contribution in [2.45, 2.75) is 6.10 Å². The van der Waals surface area contributed by atoms with Crippen LogP contribution in [-0.2, 0) is 0 Å². The van der Waals surface area contributed by atoms with Crippen LogP contribution < -0.4 is 15.2 Å². The Balaban J connectivity index is 1.65. The lowest BCUT2D eigenvalue weighted by atomic mass is 10.2. The van der Waals surface area contributed by atoms with Gasteiger partial charge in [0.1, 0.15) is 11.5 Å². The fourth-order valence-corrected chi connectivity index (χ4v) is 3.02. The van der Waals surface area contributed by atoms with Crippen LogP contribution in [0.15, 0.2) is 35.7 Å². The van der Waals surface area contributed by atoms with Crippen molar-refractivity contribution in [2.24, 2.45) is 0 Å². The van der Waals surface area contributed by atoms with E-state index in [0.29, 0.717) is 29.5 Å². The summed E-state index contributed by atoms with van der Waals surface area (Å²) in [5.74, 6) is 1.36. The number of likely N-dealkylation sites (N-methyl/N-ethyl adjacent to an activating group) is 1. The summed E-state index contributed by atoms with van der Waals surface area (Å²) in [5.41, 5.74) is 6.30. The summed E-state index contributed by atoms with van der Waals surface area (Å²) in [5, 5.41) is 1.81. The Morgan fingerprint density at radius 2 is 2.14 bits per heavy atom. The number of rotatable bonds is 3. The fraction of sp³-hybridized carbons (Fsp3) is 0.267. The number of nitrogen functional groups attached to an aromatic ring is 1. The minimum atomic E-state index is -0.185. The predicted octanol–water partition coefficient (Wildman–Crippen LogP) is 2.24. The average molecular weight is 304 g/mol. The van der Waals surface area contributed by atoms with Gasteiger partial charge < -0.3 is 20.1 Å². The highest BCUT2D eigenvalue weighted by atomic mass is 32.1. The van der Waals surface area contributed by atoms with Crippen molar-refractivity contribution in [3.8, 4) is 11.5 Å². The van der Waals surface area contributed by atoms with Crippen molar-refractivity contribution in [3.63, 3.8) is 0 Å². The van der Waals surface area contributed by atoms with E-state index in [1.54, 1.807) is 18.0 Å². The van der Waals surface area contributed by atoms with Crippen LogP contribution in [0, 0.1) is 0 Å². The highest BCUT2D eigenvalue weighted by Crippen LogP contribution is 2.31. The highest BCUT2D eigenvalue weighted by Gasteiger charge is 2.25. The van der Waals surface area contributed by atoms with Crippen molar-refractivity contribution in [1.29, 1.82) is 0 Å². The number of anilines is 1. The van der Waals surface area contributed by atoms with Gasteiger partial charge in [-0.3, -0.25) is 4.79 Å². The van der Waals surface area contributed by atoms with Gasteiger partial charge in [0.15, 0.2) is 17.6 Å². The van der Waals surface area contributed by atoms with Gasteiger partial charge >= 0.3 is 0 Å². The normalized spacial score (nSPS) is 16.5. The van der Waals surface area contributed by atoms with E-state index in [4.69, 9.17) is 15.2 Å². The maximum absolute atomic E-state index is 12.3. The third-order valence-corrected chi connectivity index (χ3v) is 4.20. The smallest absolute Gasteiger partial charge is 0.265 e. The van der Waals surface area contributed by atoms with Crippen LogP contribution in [0.25, 0.3) is 0 Å². The number of amides is 1. The van der Waals surface area contributed by atoms with Crippen molar-refractivity contribution in [3.05, 3.63) is 40.6 Å². The number of benzene rings is 1. The van der Waals surface area contributed by atoms with Gasteiger partial charge in [-0.15, -0.1) is 11.3 Å². The maximum Gasteiger partial charge on any atom is 0.265 e. The second kappa shape index (κ2) is 5.65. The number of hydrogen-bond donors (Lipinski definition) is 1. The van der Waals surface area contributed by atoms with Gasteiger partial charge in [0.2, 0.25) is 0 Å². The molecule has 1 aliphatic heterocycles. The third kappa shape index (κ3) is 2.80. The molecule has 0 saturated heterocycles. The molecular weight excluding hydrogens is 288 g/mol. The molecule has 5 nitrogen and oxygen atoms in total. The first kappa shape index (κ1) is 13.8. The summed E-state index contributed by atoms with van der Waals surface area (Å²) in [6.45, 7) is 0.874. The largest absolute Gasteiger partial charge is 0.486 e. The Morgan fingerprint density at radius 3 is 2.86 bits per heavy atom. The van der Waals surface area contributed by atoms with Gasteiger partial charge in [0.25, 0.3) is 5.91 Å². The van der Waals surface area contributed by atoms with Crippen LogP contribution in [0.4, 0.5) is 5.69 Å². The van der Waals surface area contributed by atoms with E-state index < -0.39 is 0 Å². The van der Waals surface area contributed by atoms with Gasteiger partial charge in [-0.25, -0.2) is 0 Å². The molecule has 1 aliphatic rings. The molecule has 0 saturated carbocycles. The number of ether oxygens (including phenoxy) is 2. The maximum atomic E-state index is 12.3. The summed E-state index contributed by atoms with van der Waals surface area (Å²) in [6.07, 6.45) is -0.185. The number of nitrogens with zero attached hydrogens (tertiary/aromatic N) is 1. The van der Waals surface area contributed by atoms with Gasteiger partial charge in [-0.2, -0.15) is 0 Å². The Morgan fingerprint density at radius 1 is 1.38 bits per heavy atom. The Kier molecular flexibility index (Phi) is 3.70. The quantitative estimate of drug-likeness (QED) is 0.944. The third-order valence-electron chi connectivity index (χ3n) is 3.28. The number of nitrogens with two attached hydrogens (primary N) is 1. The molecule has 0 spiro atoms. The van der Waals surface area contributed by atoms with E-state index >= 15 is 0 Å². The predicted molar refractivity (Wildman–Crippen MR) is 82.0 cm³/mol. The van der Waals surface area contributed by atoms with Crippen LogP contribution >= 0.6 is 11.3 Å². The molecule has 1 aromatic heterocycles. The molecule has 6 heteroatoms. The average Bonchev–Trinajstić information content (AvgIpc) is 2.92. The molecule has 2 heterocycles. The standard InChI is InChI=1S/C15H16N2O3S/c1-17(15(18)14-11(16)6-7-21-14)8-10-9-19-12-4-2-3-5-13(12)20-10/h2-7,10H,8-9,16H2,1H3. The summed E-state index contributed by atoms with van der Waals surface area (Å²) in [7, 11) is 1.74. The minimum absolute atomic E-state index is 0.0926. The molecule has 1 unspecified atom stereocenters. The van der Waals surface area contributed by atoms with Crippen LogP contribution in [0.3, 0.4) is 0 Å². The second-order valence-electron chi connectivity index (χ2n) is 4.89. The van der Waals surface area contributed by atoms with Crippen LogP contribution in [-0.4, -0.2) is 37.1 Å². The van der Waals surface area contributed by atoms with E-state index in [9.17, 15) is 4.79 Å². The first-order valence-electron chi connectivity index (χ1n) is 6.62. The zero-order valence-electron chi connectivity index (χ0n) is 11.6. The highest BCUT2D eigenvalue weighted by molar-refractivity contribution is 7.12. The minimum Gasteiger partial charge on any atom is -0.486 e. The van der Waals surface area contributed by atoms with E-state index in [-0.39, 0.29) is 12.0 Å². The zero-order valence-corrected chi connectivity index (χ0v) is 12.4. The van der Waals surface area contributed by atoms with E-state index in [1.807, 2.05) is 29.6 Å². The molecule has 110 valence electrons. The number of carbonyl (C=O) groups excluding carboxylic acids is 1. The Labute approximate surface area is 126 Å². The SMILES string of the molecule is CN(CC1COc2ccccc2O1)C(=O)c1sccc1N. The van der Waals surface area contributed by atoms with E-state index in [2.05, 4.69) is 0 Å². The lowest BCUT2D eigenvalue weighted by molar-refractivity contribution is 0.0524. The van der Waals surface area contributed by atoms with Gasteiger partial charge in [-0.1, -0.05) is 12.1 Å². The molecule has 21 heavy (non-hydrogen) atoms. The molecule has 2 N–H and O–H groups in total. The number of fused-ring (bicyclic) bond motifs is 1. The summed E-state index contributed by atoms with van der Waals surface area (Å²) >= 11 is 1.35. The summed E-state index contributed by atoms with van der Waals surface area (Å²) < 4.78 is 11.5. The van der Waals surface area contributed by atoms with E-state index in [1.165, 1.54) is 11.3 Å². The summed E-state index contributed by atoms with van der Waals surface area (Å²) in [6, 6.07) is 9.26. The molecular formula is C15H16N2O3S. The van der Waals surface area contributed by atoms with Gasteiger partial charge in [0, 0.05) is 7.05 Å². The topological polar surface area (TPSA) is 64.8 Å². The van der Waals surface area contributed by atoms with Crippen molar-refractivity contribution >= 4 is 22.9 Å². The number of hydrogen-bond acceptors (Lipinski definition) is 5. The molecule has 1 atom stereocenters. The summed E-state index contributed by atoms with van der Waals surface area (Å²) in [4.78, 5) is 14.5. The number of thiophene rings is 1. The second-order valence-corrected chi connectivity index (χ2v) is 5.80. The Bertz CT molecular complexity index is 656. The molecule has 0 bridgehead atoms. The molecule has 0 fully saturated rings. The Hall–Kier alpha value is -2.21. The lowest BCUT2D eigenvalue weighted by Gasteiger charge is -2.29. The number of carbonyl (C=O) groups is 1. The van der Waals surface area contributed by atoms with Gasteiger partial charge in [-0.05, 0) is 23.6 Å². The van der Waals surface area contributed by atoms with Crippen LogP contribution in [0.5, 0.6) is 11.5 Å². The molecule has 0 radical (unpaired) electrons. The zero-order chi connectivity index (χ0) is 14.8. The van der Waals surface area contributed by atoms with Crippen LogP contribution in [0.2, 0.25) is 0 Å². The van der Waals surface area contributed by atoms with Gasteiger partial charge in [0.05, 0.1) is 12.2 Å². The number of para-hydroxylation sites is 2. The monoisotopic (exact) mass is 304 g/mol. The van der Waals surface area contributed by atoms with Crippen molar-refractivity contribution < 1.29 is 14.3 Å². The molecule has 1 amide bonds.